The Morgan fingerprint density at radius 3 is 2.70 bits per heavy atom. The van der Waals surface area contributed by atoms with Crippen molar-refractivity contribution >= 4 is 11.9 Å². The molecule has 0 amide bonds. The predicted octanol–water partition coefficient (Wildman–Crippen LogP) is 2.22. The number of hydrogen-bond donors (Lipinski definition) is 2. The Labute approximate surface area is 132 Å². The number of nitrogens with zero attached hydrogens (tertiary/aromatic N) is 4. The molecule has 23 heavy (non-hydrogen) atoms. The number of carboxylic acid groups (broad SMARTS) is 1. The summed E-state index contributed by atoms with van der Waals surface area (Å²) in [5.74, 6) is -0.815. The summed E-state index contributed by atoms with van der Waals surface area (Å²) in [5, 5.41) is 16.4. The lowest BCUT2D eigenvalue weighted by atomic mass is 10.1. The van der Waals surface area contributed by atoms with Gasteiger partial charge in [-0.1, -0.05) is 30.3 Å². The van der Waals surface area contributed by atoms with Gasteiger partial charge in [0.05, 0.1) is 12.6 Å². The van der Waals surface area contributed by atoms with E-state index in [1.165, 1.54) is 12.3 Å². The Morgan fingerprint density at radius 1 is 1.17 bits per heavy atom. The van der Waals surface area contributed by atoms with E-state index in [-0.39, 0.29) is 17.7 Å². The molecule has 2 N–H and O–H groups in total. The van der Waals surface area contributed by atoms with Crippen LogP contribution >= 0.6 is 0 Å². The van der Waals surface area contributed by atoms with E-state index in [2.05, 4.69) is 20.4 Å². The number of hydrogen-bond acceptors (Lipinski definition) is 5. The summed E-state index contributed by atoms with van der Waals surface area (Å²) in [6.45, 7) is 0.567. The molecule has 0 fully saturated rings. The molecule has 1 aromatic carbocycles. The summed E-state index contributed by atoms with van der Waals surface area (Å²) < 4.78 is 1.80. The molecule has 0 saturated carbocycles. The summed E-state index contributed by atoms with van der Waals surface area (Å²) >= 11 is 0. The second-order valence-electron chi connectivity index (χ2n) is 4.91. The van der Waals surface area contributed by atoms with Gasteiger partial charge in [0.15, 0.2) is 5.69 Å². The van der Waals surface area contributed by atoms with E-state index < -0.39 is 5.97 Å². The van der Waals surface area contributed by atoms with Gasteiger partial charge in [-0.05, 0) is 17.7 Å². The molecule has 2 aromatic heterocycles. The van der Waals surface area contributed by atoms with Crippen LogP contribution in [0.15, 0.2) is 61.1 Å². The number of rotatable bonds is 6. The smallest absolute Gasteiger partial charge is 0.354 e. The Hall–Kier alpha value is -3.22. The van der Waals surface area contributed by atoms with E-state index in [0.29, 0.717) is 6.54 Å². The van der Waals surface area contributed by atoms with Gasteiger partial charge >= 0.3 is 5.97 Å². The van der Waals surface area contributed by atoms with Gasteiger partial charge in [0, 0.05) is 18.6 Å². The molecule has 3 aromatic rings. The molecule has 0 spiro atoms. The van der Waals surface area contributed by atoms with Gasteiger partial charge in [-0.2, -0.15) is 5.10 Å². The fraction of sp³-hybridized carbons (Fsp3) is 0.125. The summed E-state index contributed by atoms with van der Waals surface area (Å²) in [7, 11) is 0. The molecular weight excluding hydrogens is 294 g/mol. The molecule has 0 aliphatic carbocycles. The van der Waals surface area contributed by atoms with Crippen molar-refractivity contribution in [1.82, 2.24) is 19.7 Å². The first-order chi connectivity index (χ1) is 11.2. The van der Waals surface area contributed by atoms with Crippen LogP contribution in [0.25, 0.3) is 0 Å². The van der Waals surface area contributed by atoms with Gasteiger partial charge in [0.2, 0.25) is 5.95 Å². The average Bonchev–Trinajstić information content (AvgIpc) is 3.08. The van der Waals surface area contributed by atoms with E-state index in [1.54, 1.807) is 10.9 Å². The normalized spacial score (nSPS) is 11.8. The van der Waals surface area contributed by atoms with Gasteiger partial charge in [-0.15, -0.1) is 0 Å². The zero-order valence-electron chi connectivity index (χ0n) is 12.2. The van der Waals surface area contributed by atoms with Crippen LogP contribution in [0.2, 0.25) is 0 Å². The highest BCUT2D eigenvalue weighted by molar-refractivity contribution is 5.85. The molecule has 2 heterocycles. The minimum absolute atomic E-state index is 0.0478. The van der Waals surface area contributed by atoms with Crippen LogP contribution in [0.3, 0.4) is 0 Å². The van der Waals surface area contributed by atoms with Crippen molar-refractivity contribution in [1.29, 1.82) is 0 Å². The number of anilines is 1. The van der Waals surface area contributed by atoms with E-state index in [0.717, 1.165) is 5.56 Å². The number of nitrogens with one attached hydrogen (secondary N) is 1. The van der Waals surface area contributed by atoms with Gasteiger partial charge in [0.1, 0.15) is 0 Å². The monoisotopic (exact) mass is 309 g/mol. The maximum absolute atomic E-state index is 11.0. The maximum Gasteiger partial charge on any atom is 0.354 e. The van der Waals surface area contributed by atoms with E-state index in [4.69, 9.17) is 5.11 Å². The lowest BCUT2D eigenvalue weighted by Gasteiger charge is -2.19. The van der Waals surface area contributed by atoms with Gasteiger partial charge in [-0.3, -0.25) is 4.68 Å². The first-order valence-corrected chi connectivity index (χ1v) is 7.07. The van der Waals surface area contributed by atoms with Gasteiger partial charge in [-0.25, -0.2) is 14.8 Å². The summed E-state index contributed by atoms with van der Waals surface area (Å²) in [6, 6.07) is 12.9. The molecule has 0 saturated heterocycles. The van der Waals surface area contributed by atoms with Crippen molar-refractivity contribution < 1.29 is 9.90 Å². The van der Waals surface area contributed by atoms with Crippen LogP contribution < -0.4 is 5.32 Å². The summed E-state index contributed by atoms with van der Waals surface area (Å²) in [6.07, 6.45) is 5.00. The minimum atomic E-state index is -1.08. The van der Waals surface area contributed by atoms with Crippen LogP contribution in [0.5, 0.6) is 0 Å². The van der Waals surface area contributed by atoms with Crippen molar-refractivity contribution in [2.75, 3.05) is 5.32 Å². The first kappa shape index (κ1) is 14.7. The van der Waals surface area contributed by atoms with E-state index in [1.807, 2.05) is 42.6 Å². The van der Waals surface area contributed by atoms with Crippen LogP contribution in [0.1, 0.15) is 22.1 Å². The fourth-order valence-electron chi connectivity index (χ4n) is 2.22. The molecule has 0 radical (unpaired) electrons. The molecule has 0 aliphatic heterocycles. The van der Waals surface area contributed by atoms with Crippen LogP contribution in [0, 0.1) is 0 Å². The highest BCUT2D eigenvalue weighted by Crippen LogP contribution is 2.19. The Morgan fingerprint density at radius 2 is 2.00 bits per heavy atom. The van der Waals surface area contributed by atoms with Crippen molar-refractivity contribution in [3.63, 3.8) is 0 Å². The van der Waals surface area contributed by atoms with E-state index >= 15 is 0 Å². The highest BCUT2D eigenvalue weighted by Gasteiger charge is 2.15. The van der Waals surface area contributed by atoms with E-state index in [9.17, 15) is 4.79 Å². The second kappa shape index (κ2) is 6.69. The number of benzene rings is 1. The third-order valence-electron chi connectivity index (χ3n) is 3.31. The quantitative estimate of drug-likeness (QED) is 0.725. The third-order valence-corrected chi connectivity index (χ3v) is 3.31. The first-order valence-electron chi connectivity index (χ1n) is 7.07. The second-order valence-corrected chi connectivity index (χ2v) is 4.91. The fourth-order valence-corrected chi connectivity index (χ4v) is 2.22. The van der Waals surface area contributed by atoms with Gasteiger partial charge in [0.25, 0.3) is 0 Å². The summed E-state index contributed by atoms with van der Waals surface area (Å²) in [5.41, 5.74) is 0.987. The number of carboxylic acids is 1. The maximum atomic E-state index is 11.0. The molecule has 0 aliphatic rings. The van der Waals surface area contributed by atoms with Crippen LogP contribution in [-0.4, -0.2) is 30.8 Å². The SMILES string of the molecule is O=C(O)c1ccnc(NC(Cn2cccn2)c2ccccc2)n1. The third kappa shape index (κ3) is 3.70. The van der Waals surface area contributed by atoms with Crippen molar-refractivity contribution in [3.05, 3.63) is 72.3 Å². The molecule has 3 rings (SSSR count). The Kier molecular flexibility index (Phi) is 4.28. The molecule has 0 bridgehead atoms. The van der Waals surface area contributed by atoms with Crippen molar-refractivity contribution in [2.24, 2.45) is 0 Å². The Balaban J connectivity index is 1.86. The minimum Gasteiger partial charge on any atom is -0.477 e. The van der Waals surface area contributed by atoms with Crippen LogP contribution in [-0.2, 0) is 6.54 Å². The number of aromatic carboxylic acids is 1. The summed E-state index contributed by atoms with van der Waals surface area (Å²) in [4.78, 5) is 19.1. The molecule has 1 unspecified atom stereocenters. The number of aromatic nitrogens is 4. The Bertz CT molecular complexity index is 774. The lowest BCUT2D eigenvalue weighted by Crippen LogP contribution is -2.19. The van der Waals surface area contributed by atoms with Gasteiger partial charge < -0.3 is 10.4 Å². The molecule has 7 nitrogen and oxygen atoms in total. The zero-order chi connectivity index (χ0) is 16.1. The van der Waals surface area contributed by atoms with Crippen molar-refractivity contribution in [2.45, 2.75) is 12.6 Å². The number of carbonyl (C=O) groups is 1. The topological polar surface area (TPSA) is 92.9 Å². The molecular formula is C16H15N5O2. The lowest BCUT2D eigenvalue weighted by molar-refractivity contribution is 0.0690. The van der Waals surface area contributed by atoms with Crippen LogP contribution in [0.4, 0.5) is 5.95 Å². The molecule has 116 valence electrons. The highest BCUT2D eigenvalue weighted by atomic mass is 16.4. The predicted molar refractivity (Wildman–Crippen MR) is 84.0 cm³/mol. The molecule has 7 heteroatoms. The largest absolute Gasteiger partial charge is 0.477 e. The molecule has 1 atom stereocenters. The average molecular weight is 309 g/mol. The standard InChI is InChI=1S/C16H15N5O2/c22-15(23)13-7-9-17-16(19-13)20-14(11-21-10-4-8-18-21)12-5-2-1-3-6-12/h1-10,14H,11H2,(H,22,23)(H,17,19,20). The van der Waals surface area contributed by atoms with Crippen molar-refractivity contribution in [3.8, 4) is 0 Å². The zero-order valence-corrected chi connectivity index (χ0v) is 12.2.